The number of Topliss-reactive ketones (excluding diaryl/α,β-unsaturated/α-hetero) is 1. The molecule has 0 aliphatic carbocycles. The summed E-state index contributed by atoms with van der Waals surface area (Å²) in [5.74, 6) is -0.601. The van der Waals surface area contributed by atoms with Crippen molar-refractivity contribution in [3.8, 4) is 0 Å². The second-order valence-electron chi connectivity index (χ2n) is 7.39. The number of aryl methyl sites for hydroxylation is 1. The minimum atomic E-state index is -0.857. The molecule has 6 heteroatoms. The molecule has 1 atom stereocenters. The molecular weight excluding hydrogens is 380 g/mol. The number of furan rings is 1. The first-order valence-electron chi connectivity index (χ1n) is 9.58. The molecule has 1 fully saturated rings. The van der Waals surface area contributed by atoms with E-state index in [1.54, 1.807) is 55.5 Å². The Morgan fingerprint density at radius 3 is 2.20 bits per heavy atom. The molecule has 152 valence electrons. The Morgan fingerprint density at radius 1 is 0.967 bits per heavy atom. The van der Waals surface area contributed by atoms with Crippen LogP contribution in [0.15, 0.2) is 76.7 Å². The van der Waals surface area contributed by atoms with E-state index in [-0.39, 0.29) is 11.3 Å². The van der Waals surface area contributed by atoms with Crippen LogP contribution in [0.1, 0.15) is 23.1 Å². The number of carbonyl (C=O) groups excluding carboxylic acids is 2. The van der Waals surface area contributed by atoms with E-state index in [0.717, 1.165) is 5.69 Å². The van der Waals surface area contributed by atoms with Gasteiger partial charge in [-0.05, 0) is 43.3 Å². The van der Waals surface area contributed by atoms with Crippen LogP contribution in [0.4, 0.5) is 11.4 Å². The second-order valence-corrected chi connectivity index (χ2v) is 7.39. The largest absolute Gasteiger partial charge is 0.507 e. The molecule has 30 heavy (non-hydrogen) atoms. The maximum Gasteiger partial charge on any atom is 0.300 e. The van der Waals surface area contributed by atoms with E-state index in [1.807, 2.05) is 37.2 Å². The molecule has 1 aromatic heterocycles. The molecule has 2 heterocycles. The van der Waals surface area contributed by atoms with Crippen LogP contribution in [-0.4, -0.2) is 30.9 Å². The Morgan fingerprint density at radius 2 is 1.63 bits per heavy atom. The Kier molecular flexibility index (Phi) is 4.91. The van der Waals surface area contributed by atoms with Crippen molar-refractivity contribution >= 4 is 28.8 Å². The second kappa shape index (κ2) is 7.55. The molecule has 4 rings (SSSR count). The Balaban J connectivity index is 1.89. The summed E-state index contributed by atoms with van der Waals surface area (Å²) in [6.07, 6.45) is 0. The third kappa shape index (κ3) is 3.26. The Bertz CT molecular complexity index is 1130. The number of carbonyl (C=O) groups is 2. The van der Waals surface area contributed by atoms with Crippen LogP contribution in [0.5, 0.6) is 0 Å². The van der Waals surface area contributed by atoms with Crippen molar-refractivity contribution in [3.05, 3.63) is 89.4 Å². The first-order chi connectivity index (χ1) is 14.4. The summed E-state index contributed by atoms with van der Waals surface area (Å²) in [4.78, 5) is 29.4. The topological polar surface area (TPSA) is 74.0 Å². The summed E-state index contributed by atoms with van der Waals surface area (Å²) in [7, 11) is 3.85. The van der Waals surface area contributed by atoms with Gasteiger partial charge in [0.15, 0.2) is 0 Å². The molecule has 1 aliphatic heterocycles. The lowest BCUT2D eigenvalue weighted by molar-refractivity contribution is -0.132. The molecule has 0 spiro atoms. The maximum atomic E-state index is 13.0. The lowest BCUT2D eigenvalue weighted by atomic mass is 9.99. The van der Waals surface area contributed by atoms with Gasteiger partial charge in [-0.2, -0.15) is 0 Å². The summed E-state index contributed by atoms with van der Waals surface area (Å²) in [6.45, 7) is 1.79. The minimum absolute atomic E-state index is 0.0113. The van der Waals surface area contributed by atoms with E-state index < -0.39 is 17.7 Å². The van der Waals surface area contributed by atoms with Gasteiger partial charge < -0.3 is 14.4 Å². The Labute approximate surface area is 174 Å². The standard InChI is InChI=1S/C24H22N2O4/c1-15-9-14-19(30-15)21-20(22(27)16-7-5-4-6-8-16)23(28)24(29)26(21)18-12-10-17(11-13-18)25(2)3/h4-14,21,27H,1-3H3/b22-20-. The van der Waals surface area contributed by atoms with Gasteiger partial charge in [-0.3, -0.25) is 14.5 Å². The van der Waals surface area contributed by atoms with Gasteiger partial charge in [0, 0.05) is 31.0 Å². The average molecular weight is 402 g/mol. The zero-order valence-electron chi connectivity index (χ0n) is 17.0. The van der Waals surface area contributed by atoms with E-state index in [1.165, 1.54) is 4.90 Å². The molecule has 0 radical (unpaired) electrons. The van der Waals surface area contributed by atoms with Crippen molar-refractivity contribution < 1.29 is 19.1 Å². The van der Waals surface area contributed by atoms with Gasteiger partial charge in [-0.15, -0.1) is 0 Å². The fourth-order valence-corrected chi connectivity index (χ4v) is 3.63. The number of benzene rings is 2. The van der Waals surface area contributed by atoms with Gasteiger partial charge in [0.25, 0.3) is 11.7 Å². The van der Waals surface area contributed by atoms with E-state index in [4.69, 9.17) is 4.42 Å². The molecule has 2 aromatic carbocycles. The molecule has 1 aliphatic rings. The highest BCUT2D eigenvalue weighted by atomic mass is 16.3. The number of ketones is 1. The first kappa shape index (κ1) is 19.5. The maximum absolute atomic E-state index is 13.0. The zero-order valence-corrected chi connectivity index (χ0v) is 17.0. The molecule has 1 N–H and O–H groups in total. The predicted molar refractivity (Wildman–Crippen MR) is 115 cm³/mol. The number of anilines is 2. The van der Waals surface area contributed by atoms with Crippen LogP contribution < -0.4 is 9.80 Å². The van der Waals surface area contributed by atoms with Crippen LogP contribution >= 0.6 is 0 Å². The summed E-state index contributed by atoms with van der Waals surface area (Å²) in [5.41, 5.74) is 1.99. The number of nitrogens with zero attached hydrogens (tertiary/aromatic N) is 2. The normalized spacial score (nSPS) is 18.1. The van der Waals surface area contributed by atoms with Crippen LogP contribution in [-0.2, 0) is 9.59 Å². The number of aliphatic hydroxyl groups is 1. The lowest BCUT2D eigenvalue weighted by Crippen LogP contribution is -2.29. The number of amides is 1. The van der Waals surface area contributed by atoms with Crippen molar-refractivity contribution in [1.82, 2.24) is 0 Å². The molecule has 0 bridgehead atoms. The molecule has 1 saturated heterocycles. The van der Waals surface area contributed by atoms with Gasteiger partial charge in [0.05, 0.1) is 5.57 Å². The van der Waals surface area contributed by atoms with E-state index in [2.05, 4.69) is 0 Å². The smallest absolute Gasteiger partial charge is 0.300 e. The molecule has 3 aromatic rings. The number of hydrogen-bond donors (Lipinski definition) is 1. The fraction of sp³-hybridized carbons (Fsp3) is 0.167. The SMILES string of the molecule is Cc1ccc(C2/C(=C(/O)c3ccccc3)C(=O)C(=O)N2c2ccc(N(C)C)cc2)o1. The van der Waals surface area contributed by atoms with Crippen LogP contribution in [0, 0.1) is 6.92 Å². The highest BCUT2D eigenvalue weighted by Crippen LogP contribution is 2.42. The third-order valence-corrected chi connectivity index (χ3v) is 5.17. The summed E-state index contributed by atoms with van der Waals surface area (Å²) in [6, 6.07) is 18.7. The van der Waals surface area contributed by atoms with Crippen LogP contribution in [0.25, 0.3) is 5.76 Å². The summed E-state index contributed by atoms with van der Waals surface area (Å²) in [5, 5.41) is 11.0. The number of aliphatic hydroxyl groups excluding tert-OH is 1. The van der Waals surface area contributed by atoms with Crippen molar-refractivity contribution in [2.75, 3.05) is 23.9 Å². The van der Waals surface area contributed by atoms with E-state index in [0.29, 0.717) is 22.8 Å². The third-order valence-electron chi connectivity index (χ3n) is 5.17. The van der Waals surface area contributed by atoms with Crippen molar-refractivity contribution in [2.24, 2.45) is 0 Å². The zero-order chi connectivity index (χ0) is 21.4. The van der Waals surface area contributed by atoms with E-state index in [9.17, 15) is 14.7 Å². The quantitative estimate of drug-likeness (QED) is 0.401. The molecule has 1 unspecified atom stereocenters. The highest BCUT2D eigenvalue weighted by Gasteiger charge is 2.48. The first-order valence-corrected chi connectivity index (χ1v) is 9.58. The van der Waals surface area contributed by atoms with E-state index >= 15 is 0 Å². The van der Waals surface area contributed by atoms with Crippen molar-refractivity contribution in [1.29, 1.82) is 0 Å². The monoisotopic (exact) mass is 402 g/mol. The summed E-state index contributed by atoms with van der Waals surface area (Å²) < 4.78 is 5.79. The fourth-order valence-electron chi connectivity index (χ4n) is 3.63. The molecular formula is C24H22N2O4. The number of hydrogen-bond acceptors (Lipinski definition) is 5. The van der Waals surface area contributed by atoms with Gasteiger partial charge in [-0.1, -0.05) is 30.3 Å². The Hall–Kier alpha value is -3.80. The van der Waals surface area contributed by atoms with Gasteiger partial charge in [0.2, 0.25) is 0 Å². The van der Waals surface area contributed by atoms with Gasteiger partial charge in [0.1, 0.15) is 23.3 Å². The minimum Gasteiger partial charge on any atom is -0.507 e. The van der Waals surface area contributed by atoms with Crippen molar-refractivity contribution in [2.45, 2.75) is 13.0 Å². The highest BCUT2D eigenvalue weighted by molar-refractivity contribution is 6.51. The van der Waals surface area contributed by atoms with Gasteiger partial charge in [-0.25, -0.2) is 0 Å². The van der Waals surface area contributed by atoms with Crippen LogP contribution in [0.2, 0.25) is 0 Å². The van der Waals surface area contributed by atoms with Crippen LogP contribution in [0.3, 0.4) is 0 Å². The lowest BCUT2D eigenvalue weighted by Gasteiger charge is -2.24. The molecule has 0 saturated carbocycles. The average Bonchev–Trinajstić information content (AvgIpc) is 3.29. The van der Waals surface area contributed by atoms with Crippen molar-refractivity contribution in [3.63, 3.8) is 0 Å². The van der Waals surface area contributed by atoms with Gasteiger partial charge >= 0.3 is 0 Å². The molecule has 1 amide bonds. The number of rotatable bonds is 4. The summed E-state index contributed by atoms with van der Waals surface area (Å²) >= 11 is 0. The molecule has 6 nitrogen and oxygen atoms in total. The predicted octanol–water partition coefficient (Wildman–Crippen LogP) is 4.28.